The van der Waals surface area contributed by atoms with Crippen molar-refractivity contribution in [3.05, 3.63) is 89.7 Å². The summed E-state index contributed by atoms with van der Waals surface area (Å²) in [5.41, 5.74) is 4.02. The number of fused-ring (bicyclic) bond motifs is 1. The average Bonchev–Trinajstić information content (AvgIpc) is 3.31. The zero-order chi connectivity index (χ0) is 23.3. The quantitative estimate of drug-likeness (QED) is 0.562. The smallest absolute Gasteiger partial charge is 0.266 e. The summed E-state index contributed by atoms with van der Waals surface area (Å²) >= 11 is 0. The van der Waals surface area contributed by atoms with Gasteiger partial charge in [0.2, 0.25) is 5.91 Å². The lowest BCUT2D eigenvalue weighted by Gasteiger charge is -2.30. The lowest BCUT2D eigenvalue weighted by Crippen LogP contribution is -2.37. The maximum absolute atomic E-state index is 13.6. The van der Waals surface area contributed by atoms with E-state index in [1.54, 1.807) is 5.06 Å². The number of hydrogen-bond donors (Lipinski definition) is 0. The van der Waals surface area contributed by atoms with Crippen molar-refractivity contribution in [3.63, 3.8) is 0 Å². The summed E-state index contributed by atoms with van der Waals surface area (Å²) in [7, 11) is 3.92. The molecule has 168 valence electrons. The highest BCUT2D eigenvalue weighted by molar-refractivity contribution is 6.23. The van der Waals surface area contributed by atoms with Gasteiger partial charge in [-0.15, -0.1) is 0 Å². The van der Waals surface area contributed by atoms with Crippen LogP contribution in [0.3, 0.4) is 0 Å². The Balaban J connectivity index is 1.58. The Morgan fingerprint density at radius 2 is 1.55 bits per heavy atom. The molecular weight excluding hydrogens is 421 g/mol. The standard InChI is InChI=1S/C26H24FN3O3/c1-16-6-4-5-7-21(16)30-23(17-8-12-19(13-9-17)28(2)3)22-24(33-30)26(32)29(25(22)31)20-14-10-18(27)11-15-20/h4-15,22-24H,1-3H3/t22-,23-,24-/m1/s1. The van der Waals surface area contributed by atoms with Crippen molar-refractivity contribution in [1.29, 1.82) is 0 Å². The number of para-hydroxylation sites is 1. The van der Waals surface area contributed by atoms with E-state index < -0.39 is 29.8 Å². The molecule has 3 atom stereocenters. The molecule has 3 aromatic carbocycles. The summed E-state index contributed by atoms with van der Waals surface area (Å²) in [6.07, 6.45) is -0.958. The van der Waals surface area contributed by atoms with E-state index in [-0.39, 0.29) is 5.91 Å². The third kappa shape index (κ3) is 3.45. The topological polar surface area (TPSA) is 53.1 Å². The molecule has 0 aromatic heterocycles. The van der Waals surface area contributed by atoms with Crippen LogP contribution in [0, 0.1) is 18.7 Å². The first-order valence-corrected chi connectivity index (χ1v) is 10.8. The van der Waals surface area contributed by atoms with Gasteiger partial charge in [0.25, 0.3) is 5.91 Å². The second-order valence-corrected chi connectivity index (χ2v) is 8.58. The van der Waals surface area contributed by atoms with Gasteiger partial charge < -0.3 is 4.90 Å². The van der Waals surface area contributed by atoms with Gasteiger partial charge in [-0.25, -0.2) is 14.4 Å². The Bertz CT molecular complexity index is 1210. The normalized spacial score (nSPS) is 22.1. The molecule has 0 saturated carbocycles. The molecule has 0 spiro atoms. The minimum Gasteiger partial charge on any atom is -0.378 e. The first-order valence-electron chi connectivity index (χ1n) is 10.8. The molecular formula is C26H24FN3O3. The van der Waals surface area contributed by atoms with Crippen molar-refractivity contribution in [3.8, 4) is 0 Å². The zero-order valence-electron chi connectivity index (χ0n) is 18.6. The van der Waals surface area contributed by atoms with Gasteiger partial charge in [-0.05, 0) is 60.5 Å². The Morgan fingerprint density at radius 3 is 2.18 bits per heavy atom. The first-order chi connectivity index (χ1) is 15.9. The summed E-state index contributed by atoms with van der Waals surface area (Å²) in [5, 5.41) is 1.70. The van der Waals surface area contributed by atoms with Crippen LogP contribution in [0.5, 0.6) is 0 Å². The van der Waals surface area contributed by atoms with Gasteiger partial charge in [-0.1, -0.05) is 30.3 Å². The molecule has 3 aromatic rings. The van der Waals surface area contributed by atoms with E-state index in [9.17, 15) is 14.0 Å². The van der Waals surface area contributed by atoms with E-state index in [0.29, 0.717) is 5.69 Å². The number of halogens is 1. The SMILES string of the molecule is Cc1ccccc1N1O[C@H]2C(=O)N(c3ccc(F)cc3)C(=O)[C@@H]2[C@H]1c1ccc(N(C)C)cc1. The number of benzene rings is 3. The number of hydrogen-bond acceptors (Lipinski definition) is 5. The second kappa shape index (κ2) is 8.01. The van der Waals surface area contributed by atoms with Gasteiger partial charge in [0.15, 0.2) is 6.10 Å². The zero-order valence-corrected chi connectivity index (χ0v) is 18.6. The van der Waals surface area contributed by atoms with Crippen molar-refractivity contribution in [2.24, 2.45) is 5.92 Å². The van der Waals surface area contributed by atoms with E-state index in [2.05, 4.69) is 0 Å². The number of nitrogens with zero attached hydrogens (tertiary/aromatic N) is 3. The molecule has 2 saturated heterocycles. The van der Waals surface area contributed by atoms with Crippen LogP contribution in [0.4, 0.5) is 21.5 Å². The predicted octanol–water partition coefficient (Wildman–Crippen LogP) is 4.25. The summed E-state index contributed by atoms with van der Waals surface area (Å²) in [4.78, 5) is 36.2. The van der Waals surface area contributed by atoms with Crippen molar-refractivity contribution < 1.29 is 18.8 Å². The third-order valence-electron chi connectivity index (χ3n) is 6.30. The molecule has 2 aliphatic heterocycles. The second-order valence-electron chi connectivity index (χ2n) is 8.58. The van der Waals surface area contributed by atoms with E-state index in [0.717, 1.165) is 27.4 Å². The van der Waals surface area contributed by atoms with E-state index >= 15 is 0 Å². The fourth-order valence-electron chi connectivity index (χ4n) is 4.59. The van der Waals surface area contributed by atoms with Crippen LogP contribution in [0.25, 0.3) is 0 Å². The van der Waals surface area contributed by atoms with Crippen LogP contribution in [-0.2, 0) is 14.4 Å². The number of anilines is 3. The highest BCUT2D eigenvalue weighted by Gasteiger charge is 2.60. The molecule has 33 heavy (non-hydrogen) atoms. The van der Waals surface area contributed by atoms with Crippen LogP contribution < -0.4 is 14.9 Å². The van der Waals surface area contributed by atoms with E-state index in [4.69, 9.17) is 4.84 Å². The maximum atomic E-state index is 13.6. The number of carbonyl (C=O) groups is 2. The molecule has 2 fully saturated rings. The molecule has 2 amide bonds. The number of imide groups is 1. The molecule has 0 bridgehead atoms. The molecule has 7 heteroatoms. The minimum atomic E-state index is -0.958. The van der Waals surface area contributed by atoms with Crippen LogP contribution >= 0.6 is 0 Å². The van der Waals surface area contributed by atoms with Crippen LogP contribution in [0.15, 0.2) is 72.8 Å². The molecule has 5 rings (SSSR count). The van der Waals surface area contributed by atoms with Crippen LogP contribution in [-0.4, -0.2) is 32.0 Å². The Morgan fingerprint density at radius 1 is 0.879 bits per heavy atom. The van der Waals surface area contributed by atoms with Crippen LogP contribution in [0.1, 0.15) is 17.2 Å². The number of aryl methyl sites for hydroxylation is 1. The largest absolute Gasteiger partial charge is 0.378 e. The van der Waals surface area contributed by atoms with Gasteiger partial charge in [0.1, 0.15) is 11.7 Å². The molecule has 2 heterocycles. The average molecular weight is 445 g/mol. The van der Waals surface area contributed by atoms with E-state index in [1.807, 2.05) is 74.4 Å². The molecule has 0 unspecified atom stereocenters. The number of carbonyl (C=O) groups excluding carboxylic acids is 2. The molecule has 0 aliphatic carbocycles. The summed E-state index contributed by atoms with van der Waals surface area (Å²) in [6, 6.07) is 20.5. The van der Waals surface area contributed by atoms with Gasteiger partial charge in [-0.3, -0.25) is 14.4 Å². The highest BCUT2D eigenvalue weighted by Crippen LogP contribution is 2.48. The van der Waals surface area contributed by atoms with Crippen molar-refractivity contribution in [1.82, 2.24) is 0 Å². The number of amides is 2. The summed E-state index contributed by atoms with van der Waals surface area (Å²) in [6.45, 7) is 1.97. The Kier molecular flexibility index (Phi) is 5.13. The maximum Gasteiger partial charge on any atom is 0.266 e. The first kappa shape index (κ1) is 21.2. The Hall–Kier alpha value is -3.71. The number of hydroxylamine groups is 1. The van der Waals surface area contributed by atoms with Crippen molar-refractivity contribution in [2.75, 3.05) is 29.0 Å². The lowest BCUT2D eigenvalue weighted by molar-refractivity contribution is -0.126. The highest BCUT2D eigenvalue weighted by atomic mass is 19.1. The van der Waals surface area contributed by atoms with Gasteiger partial charge in [0.05, 0.1) is 17.4 Å². The van der Waals surface area contributed by atoms with Gasteiger partial charge in [0, 0.05) is 19.8 Å². The van der Waals surface area contributed by atoms with E-state index in [1.165, 1.54) is 24.3 Å². The van der Waals surface area contributed by atoms with Gasteiger partial charge >= 0.3 is 0 Å². The van der Waals surface area contributed by atoms with Crippen molar-refractivity contribution in [2.45, 2.75) is 19.1 Å². The predicted molar refractivity (Wildman–Crippen MR) is 124 cm³/mol. The Labute approximate surface area is 191 Å². The van der Waals surface area contributed by atoms with Crippen LogP contribution in [0.2, 0.25) is 0 Å². The molecule has 6 nitrogen and oxygen atoms in total. The molecule has 0 radical (unpaired) electrons. The fourth-order valence-corrected chi connectivity index (χ4v) is 4.59. The van der Waals surface area contributed by atoms with Crippen molar-refractivity contribution >= 4 is 28.9 Å². The van der Waals surface area contributed by atoms with Gasteiger partial charge in [-0.2, -0.15) is 0 Å². The third-order valence-corrected chi connectivity index (χ3v) is 6.30. The monoisotopic (exact) mass is 445 g/mol. The molecule has 2 aliphatic rings. The summed E-state index contributed by atoms with van der Waals surface area (Å²) < 4.78 is 13.4. The summed E-state index contributed by atoms with van der Waals surface area (Å²) in [5.74, 6) is -1.96. The fraction of sp³-hybridized carbons (Fsp3) is 0.231. The minimum absolute atomic E-state index is 0.341. The number of rotatable bonds is 4. The lowest BCUT2D eigenvalue weighted by atomic mass is 9.90. The molecule has 0 N–H and O–H groups in total.